The molecular weight excluding hydrogens is 427 g/mol. The molecule has 6 rings (SSSR count). The molecule has 0 saturated carbocycles. The van der Waals surface area contributed by atoms with Crippen molar-refractivity contribution < 1.29 is 36.6 Å². The van der Waals surface area contributed by atoms with E-state index in [-0.39, 0.29) is 38.2 Å². The van der Waals surface area contributed by atoms with Gasteiger partial charge in [-0.15, -0.1) is 0 Å². The van der Waals surface area contributed by atoms with E-state index in [2.05, 4.69) is 0 Å². The van der Waals surface area contributed by atoms with Crippen molar-refractivity contribution in [2.75, 3.05) is 13.4 Å². The summed E-state index contributed by atoms with van der Waals surface area (Å²) in [4.78, 5) is 15.4. The maximum Gasteiger partial charge on any atom is 0.449 e. The molecule has 4 heterocycles. The Bertz CT molecular complexity index is 1250. The monoisotopic (exact) mass is 443 g/mol. The first-order valence-electron chi connectivity index (χ1n) is 9.97. The van der Waals surface area contributed by atoms with Crippen LogP contribution in [0.4, 0.5) is 13.2 Å². The molecule has 0 fully saturated rings. The lowest BCUT2D eigenvalue weighted by atomic mass is 9.71. The lowest BCUT2D eigenvalue weighted by molar-refractivity contribution is -0.153. The van der Waals surface area contributed by atoms with Crippen molar-refractivity contribution in [1.29, 1.82) is 0 Å². The molecule has 164 valence electrons. The van der Waals surface area contributed by atoms with Crippen molar-refractivity contribution in [2.24, 2.45) is 0 Å². The van der Waals surface area contributed by atoms with Gasteiger partial charge in [0, 0.05) is 18.2 Å². The lowest BCUT2D eigenvalue weighted by Gasteiger charge is -2.40. The molecule has 3 aliphatic heterocycles. The Morgan fingerprint density at radius 3 is 2.50 bits per heavy atom. The van der Waals surface area contributed by atoms with E-state index in [1.807, 2.05) is 24.3 Å². The van der Waals surface area contributed by atoms with E-state index in [0.29, 0.717) is 22.8 Å². The van der Waals surface area contributed by atoms with Gasteiger partial charge in [0.15, 0.2) is 11.5 Å². The van der Waals surface area contributed by atoms with Crippen LogP contribution >= 0.6 is 0 Å². The molecule has 9 heteroatoms. The van der Waals surface area contributed by atoms with E-state index in [1.54, 1.807) is 12.1 Å². The van der Waals surface area contributed by atoms with Crippen LogP contribution in [0, 0.1) is 0 Å². The number of ether oxygens (including phenoxy) is 3. The zero-order valence-corrected chi connectivity index (χ0v) is 16.6. The third kappa shape index (κ3) is 2.63. The topological polar surface area (TPSA) is 61.1 Å². The average Bonchev–Trinajstić information content (AvgIpc) is 3.49. The van der Waals surface area contributed by atoms with Gasteiger partial charge < -0.3 is 23.5 Å². The standard InChI is InChI=1S/C23H16F3NO5/c24-23(25,26)20-6-5-14(32-20)10-27-9-13-3-1-2-4-15(13)22(21(27)28)11-29-17-8-19-18(7-16(17)22)30-12-31-19/h1-8H,9-12H2. The fourth-order valence-electron chi connectivity index (χ4n) is 4.71. The van der Waals surface area contributed by atoms with Crippen LogP contribution in [-0.4, -0.2) is 24.2 Å². The number of nitrogens with zero attached hydrogens (tertiary/aromatic N) is 1. The summed E-state index contributed by atoms with van der Waals surface area (Å²) < 4.78 is 60.7. The van der Waals surface area contributed by atoms with Crippen LogP contribution < -0.4 is 14.2 Å². The Balaban J connectivity index is 1.44. The van der Waals surface area contributed by atoms with Gasteiger partial charge in [0.1, 0.15) is 23.5 Å². The summed E-state index contributed by atoms with van der Waals surface area (Å²) in [5, 5.41) is 0. The van der Waals surface area contributed by atoms with Gasteiger partial charge in [-0.2, -0.15) is 13.2 Å². The molecule has 0 N–H and O–H groups in total. The molecular formula is C23H16F3NO5. The molecule has 1 aromatic heterocycles. The first-order valence-corrected chi connectivity index (χ1v) is 9.97. The van der Waals surface area contributed by atoms with E-state index < -0.39 is 17.4 Å². The maximum absolute atomic E-state index is 13.9. The number of hydrogen-bond donors (Lipinski definition) is 0. The molecule has 3 aromatic rings. The molecule has 0 bridgehead atoms. The summed E-state index contributed by atoms with van der Waals surface area (Å²) in [5.74, 6) is 0.302. The number of benzene rings is 2. The number of furan rings is 1. The fraction of sp³-hybridized carbons (Fsp3) is 0.261. The minimum atomic E-state index is -4.58. The minimum absolute atomic E-state index is 0.0602. The number of fused-ring (bicyclic) bond motifs is 5. The number of carbonyl (C=O) groups is 1. The summed E-state index contributed by atoms with van der Waals surface area (Å²) in [6.07, 6.45) is -4.58. The maximum atomic E-state index is 13.9. The third-order valence-corrected chi connectivity index (χ3v) is 6.16. The van der Waals surface area contributed by atoms with Gasteiger partial charge in [-0.05, 0) is 29.3 Å². The number of halogens is 3. The second kappa shape index (κ2) is 6.44. The Morgan fingerprint density at radius 2 is 1.72 bits per heavy atom. The molecule has 1 unspecified atom stereocenters. The van der Waals surface area contributed by atoms with E-state index >= 15 is 0 Å². The quantitative estimate of drug-likeness (QED) is 0.593. The molecule has 0 radical (unpaired) electrons. The molecule has 6 nitrogen and oxygen atoms in total. The van der Waals surface area contributed by atoms with Crippen molar-refractivity contribution in [3.8, 4) is 17.2 Å². The van der Waals surface area contributed by atoms with E-state index in [4.69, 9.17) is 18.6 Å². The van der Waals surface area contributed by atoms with Gasteiger partial charge in [0.25, 0.3) is 0 Å². The second-order valence-electron chi connectivity index (χ2n) is 7.98. The lowest BCUT2D eigenvalue weighted by Crippen LogP contribution is -2.52. The summed E-state index contributed by atoms with van der Waals surface area (Å²) in [6, 6.07) is 13.1. The predicted molar refractivity (Wildman–Crippen MR) is 103 cm³/mol. The van der Waals surface area contributed by atoms with Crippen LogP contribution in [0.15, 0.2) is 52.9 Å². The smallest absolute Gasteiger partial charge is 0.449 e. The number of carbonyl (C=O) groups excluding carboxylic acids is 1. The van der Waals surface area contributed by atoms with Gasteiger partial charge in [-0.1, -0.05) is 24.3 Å². The van der Waals surface area contributed by atoms with Gasteiger partial charge in [-0.25, -0.2) is 0 Å². The second-order valence-corrected chi connectivity index (χ2v) is 7.98. The van der Waals surface area contributed by atoms with Gasteiger partial charge in [0.05, 0.1) is 6.54 Å². The molecule has 3 aliphatic rings. The molecule has 32 heavy (non-hydrogen) atoms. The number of rotatable bonds is 2. The number of amides is 1. The Morgan fingerprint density at radius 1 is 0.938 bits per heavy atom. The highest BCUT2D eigenvalue weighted by Crippen LogP contribution is 2.52. The summed E-state index contributed by atoms with van der Waals surface area (Å²) in [7, 11) is 0. The average molecular weight is 443 g/mol. The molecule has 2 aromatic carbocycles. The van der Waals surface area contributed by atoms with Crippen LogP contribution in [0.2, 0.25) is 0 Å². The zero-order valence-electron chi connectivity index (χ0n) is 16.6. The molecule has 0 aliphatic carbocycles. The van der Waals surface area contributed by atoms with Crippen molar-refractivity contribution in [3.63, 3.8) is 0 Å². The highest BCUT2D eigenvalue weighted by Gasteiger charge is 2.54. The Hall–Kier alpha value is -3.62. The van der Waals surface area contributed by atoms with Gasteiger partial charge >= 0.3 is 6.18 Å². The summed E-state index contributed by atoms with van der Waals surface area (Å²) in [6.45, 7) is 0.315. The van der Waals surface area contributed by atoms with Crippen LogP contribution in [0.3, 0.4) is 0 Å². The highest BCUT2D eigenvalue weighted by atomic mass is 19.4. The van der Waals surface area contributed by atoms with Crippen LogP contribution in [-0.2, 0) is 29.5 Å². The molecule has 1 spiro atoms. The molecule has 0 saturated heterocycles. The van der Waals surface area contributed by atoms with Crippen molar-refractivity contribution in [2.45, 2.75) is 24.7 Å². The van der Waals surface area contributed by atoms with Crippen molar-refractivity contribution >= 4 is 5.91 Å². The summed E-state index contributed by atoms with van der Waals surface area (Å²) >= 11 is 0. The van der Waals surface area contributed by atoms with E-state index in [9.17, 15) is 18.0 Å². The SMILES string of the molecule is O=C1N(Cc2ccc(C(F)(F)F)o2)Cc2ccccc2C12COc1cc3c(cc12)OCO3. The van der Waals surface area contributed by atoms with Crippen LogP contribution in [0.25, 0.3) is 0 Å². The fourth-order valence-corrected chi connectivity index (χ4v) is 4.71. The van der Waals surface area contributed by atoms with Crippen molar-refractivity contribution in [1.82, 2.24) is 4.90 Å². The van der Waals surface area contributed by atoms with Gasteiger partial charge in [0.2, 0.25) is 18.5 Å². The normalized spacial score (nSPS) is 21.0. The van der Waals surface area contributed by atoms with Crippen LogP contribution in [0.5, 0.6) is 17.2 Å². The van der Waals surface area contributed by atoms with Gasteiger partial charge in [-0.3, -0.25) is 4.79 Å². The predicted octanol–water partition coefficient (Wildman–Crippen LogP) is 4.25. The molecule has 1 atom stereocenters. The largest absolute Gasteiger partial charge is 0.491 e. The highest BCUT2D eigenvalue weighted by molar-refractivity contribution is 5.96. The first kappa shape index (κ1) is 19.1. The Kier molecular flexibility index (Phi) is 3.84. The zero-order chi connectivity index (χ0) is 22.1. The Labute approximate surface area is 180 Å². The van der Waals surface area contributed by atoms with Crippen molar-refractivity contribution in [3.05, 3.63) is 76.7 Å². The number of hydrogen-bond acceptors (Lipinski definition) is 5. The minimum Gasteiger partial charge on any atom is -0.491 e. The number of alkyl halides is 3. The van der Waals surface area contributed by atoms with E-state index in [0.717, 1.165) is 17.2 Å². The molecule has 1 amide bonds. The van der Waals surface area contributed by atoms with Crippen LogP contribution in [0.1, 0.15) is 28.2 Å². The van der Waals surface area contributed by atoms with E-state index in [1.165, 1.54) is 11.0 Å². The third-order valence-electron chi connectivity index (χ3n) is 6.16. The first-order chi connectivity index (χ1) is 15.4. The summed E-state index contributed by atoms with van der Waals surface area (Å²) in [5.41, 5.74) is 1.22.